The Labute approximate surface area is 101 Å². The number of hydrogen-bond donors (Lipinski definition) is 0. The van der Waals surface area contributed by atoms with Gasteiger partial charge in [-0.05, 0) is 35.0 Å². The number of aliphatic imine (C=N–C) groups is 1. The molecule has 2 rings (SSSR count). The second-order valence-corrected chi connectivity index (χ2v) is 5.78. The zero-order chi connectivity index (χ0) is 10.5. The SMILES string of the molecule is CC1=Nc2c(Br)ccc(Br)c2C1(C)C. The molecule has 1 aromatic carbocycles. The molecule has 0 N–H and O–H groups in total. The van der Waals surface area contributed by atoms with Crippen LogP contribution in [0.25, 0.3) is 0 Å². The smallest absolute Gasteiger partial charge is 0.0823 e. The molecule has 1 nitrogen and oxygen atoms in total. The fourth-order valence-corrected chi connectivity index (χ4v) is 2.97. The van der Waals surface area contributed by atoms with Crippen LogP contribution in [0.3, 0.4) is 0 Å². The van der Waals surface area contributed by atoms with E-state index in [1.54, 1.807) is 0 Å². The first-order valence-corrected chi connectivity index (χ1v) is 6.07. The van der Waals surface area contributed by atoms with Crippen LogP contribution in [-0.4, -0.2) is 5.71 Å². The van der Waals surface area contributed by atoms with E-state index in [0.29, 0.717) is 0 Å². The second-order valence-electron chi connectivity index (χ2n) is 4.08. The van der Waals surface area contributed by atoms with E-state index in [0.717, 1.165) is 14.6 Å². The monoisotopic (exact) mass is 315 g/mol. The largest absolute Gasteiger partial charge is 0.256 e. The summed E-state index contributed by atoms with van der Waals surface area (Å²) in [5, 5.41) is 0. The van der Waals surface area contributed by atoms with Crippen LogP contribution in [0.4, 0.5) is 5.69 Å². The molecule has 74 valence electrons. The van der Waals surface area contributed by atoms with Crippen molar-refractivity contribution in [2.45, 2.75) is 26.2 Å². The summed E-state index contributed by atoms with van der Waals surface area (Å²) in [6.07, 6.45) is 0. The van der Waals surface area contributed by atoms with Gasteiger partial charge in [0.2, 0.25) is 0 Å². The van der Waals surface area contributed by atoms with Crippen molar-refractivity contribution in [2.24, 2.45) is 4.99 Å². The number of rotatable bonds is 0. The summed E-state index contributed by atoms with van der Waals surface area (Å²) in [5.41, 5.74) is 3.56. The minimum atomic E-state index is 0.0396. The highest BCUT2D eigenvalue weighted by atomic mass is 79.9. The van der Waals surface area contributed by atoms with Gasteiger partial charge in [-0.15, -0.1) is 0 Å². The van der Waals surface area contributed by atoms with Crippen LogP contribution in [0.5, 0.6) is 0 Å². The number of halogens is 2. The van der Waals surface area contributed by atoms with Gasteiger partial charge < -0.3 is 0 Å². The van der Waals surface area contributed by atoms with Crippen molar-refractivity contribution in [1.82, 2.24) is 0 Å². The lowest BCUT2D eigenvalue weighted by molar-refractivity contribution is 0.729. The van der Waals surface area contributed by atoms with E-state index in [-0.39, 0.29) is 5.41 Å². The maximum absolute atomic E-state index is 4.60. The van der Waals surface area contributed by atoms with Crippen molar-refractivity contribution < 1.29 is 0 Å². The first-order valence-electron chi connectivity index (χ1n) is 4.49. The molecule has 0 aromatic heterocycles. The van der Waals surface area contributed by atoms with Crippen molar-refractivity contribution in [3.63, 3.8) is 0 Å². The van der Waals surface area contributed by atoms with Gasteiger partial charge in [-0.3, -0.25) is 4.99 Å². The topological polar surface area (TPSA) is 12.4 Å². The van der Waals surface area contributed by atoms with Gasteiger partial charge in [-0.25, -0.2) is 0 Å². The third-order valence-electron chi connectivity index (χ3n) is 2.89. The summed E-state index contributed by atoms with van der Waals surface area (Å²) in [4.78, 5) is 4.60. The molecule has 14 heavy (non-hydrogen) atoms. The predicted octanol–water partition coefficient (Wildman–Crippen LogP) is 4.60. The molecular formula is C11H11Br2N. The van der Waals surface area contributed by atoms with E-state index >= 15 is 0 Å². The summed E-state index contributed by atoms with van der Waals surface area (Å²) in [6.45, 7) is 6.49. The van der Waals surface area contributed by atoms with Gasteiger partial charge in [0.15, 0.2) is 0 Å². The van der Waals surface area contributed by atoms with Crippen LogP contribution in [0.15, 0.2) is 26.1 Å². The Morgan fingerprint density at radius 3 is 2.29 bits per heavy atom. The Balaban J connectivity index is 2.78. The summed E-state index contributed by atoms with van der Waals surface area (Å²) in [7, 11) is 0. The lowest BCUT2D eigenvalue weighted by Gasteiger charge is -2.21. The van der Waals surface area contributed by atoms with E-state index in [4.69, 9.17) is 0 Å². The second kappa shape index (κ2) is 3.17. The van der Waals surface area contributed by atoms with Crippen LogP contribution < -0.4 is 0 Å². The summed E-state index contributed by atoms with van der Waals surface area (Å²) in [6, 6.07) is 4.10. The molecular weight excluding hydrogens is 306 g/mol. The van der Waals surface area contributed by atoms with Crippen molar-refractivity contribution in [3.8, 4) is 0 Å². The van der Waals surface area contributed by atoms with Crippen molar-refractivity contribution in [2.75, 3.05) is 0 Å². The molecule has 0 fully saturated rings. The van der Waals surface area contributed by atoms with E-state index < -0.39 is 0 Å². The molecule has 0 atom stereocenters. The Morgan fingerprint density at radius 1 is 1.14 bits per heavy atom. The van der Waals surface area contributed by atoms with Crippen LogP contribution in [0, 0.1) is 0 Å². The number of hydrogen-bond acceptors (Lipinski definition) is 1. The Hall–Kier alpha value is -0.150. The molecule has 1 aliphatic rings. The molecule has 1 heterocycles. The summed E-state index contributed by atoms with van der Waals surface area (Å²) < 4.78 is 2.21. The molecule has 1 aliphatic heterocycles. The number of nitrogens with zero attached hydrogens (tertiary/aromatic N) is 1. The van der Waals surface area contributed by atoms with Crippen molar-refractivity contribution >= 4 is 43.3 Å². The average Bonchev–Trinajstić information content (AvgIpc) is 2.33. The highest BCUT2D eigenvalue weighted by Crippen LogP contribution is 2.47. The van der Waals surface area contributed by atoms with Crippen molar-refractivity contribution in [1.29, 1.82) is 0 Å². The summed E-state index contributed by atoms with van der Waals surface area (Å²) >= 11 is 7.12. The lowest BCUT2D eigenvalue weighted by Crippen LogP contribution is -2.23. The molecule has 1 aromatic rings. The van der Waals surface area contributed by atoms with Crippen LogP contribution in [0.2, 0.25) is 0 Å². The number of fused-ring (bicyclic) bond motifs is 1. The minimum absolute atomic E-state index is 0.0396. The Kier molecular flexibility index (Phi) is 2.35. The highest BCUT2D eigenvalue weighted by molar-refractivity contribution is 9.11. The molecule has 0 radical (unpaired) electrons. The fourth-order valence-electron chi connectivity index (χ4n) is 1.73. The van der Waals surface area contributed by atoms with Crippen LogP contribution >= 0.6 is 31.9 Å². The quantitative estimate of drug-likeness (QED) is 0.663. The van der Waals surface area contributed by atoms with Crippen LogP contribution in [-0.2, 0) is 5.41 Å². The Bertz CT molecular complexity index is 433. The first-order chi connectivity index (χ1) is 6.44. The molecule has 0 saturated carbocycles. The van der Waals surface area contributed by atoms with Gasteiger partial charge in [0, 0.05) is 25.6 Å². The van der Waals surface area contributed by atoms with Gasteiger partial charge in [0.25, 0.3) is 0 Å². The van der Waals surface area contributed by atoms with Gasteiger partial charge in [-0.2, -0.15) is 0 Å². The van der Waals surface area contributed by atoms with E-state index in [1.165, 1.54) is 11.3 Å². The molecule has 0 aliphatic carbocycles. The number of benzene rings is 1. The molecule has 0 spiro atoms. The van der Waals surface area contributed by atoms with E-state index in [1.807, 2.05) is 6.07 Å². The fraction of sp³-hybridized carbons (Fsp3) is 0.364. The Morgan fingerprint density at radius 2 is 1.71 bits per heavy atom. The van der Waals surface area contributed by atoms with Gasteiger partial charge >= 0.3 is 0 Å². The average molecular weight is 317 g/mol. The lowest BCUT2D eigenvalue weighted by atomic mass is 9.82. The third-order valence-corrected chi connectivity index (χ3v) is 4.19. The van der Waals surface area contributed by atoms with E-state index in [9.17, 15) is 0 Å². The normalized spacial score (nSPS) is 17.9. The zero-order valence-corrected chi connectivity index (χ0v) is 11.5. The van der Waals surface area contributed by atoms with Gasteiger partial charge in [0.05, 0.1) is 5.69 Å². The van der Waals surface area contributed by atoms with E-state index in [2.05, 4.69) is 63.7 Å². The maximum Gasteiger partial charge on any atom is 0.0823 e. The third kappa shape index (κ3) is 1.29. The van der Waals surface area contributed by atoms with Crippen LogP contribution in [0.1, 0.15) is 26.3 Å². The van der Waals surface area contributed by atoms with Gasteiger partial charge in [0.1, 0.15) is 0 Å². The summed E-state index contributed by atoms with van der Waals surface area (Å²) in [5.74, 6) is 0. The first kappa shape index (κ1) is 10.4. The predicted molar refractivity (Wildman–Crippen MR) is 67.6 cm³/mol. The molecule has 0 amide bonds. The standard InChI is InChI=1S/C11H11Br2N/c1-6-11(2,3)9-7(12)4-5-8(13)10(9)14-6/h4-5H,1-3H3. The van der Waals surface area contributed by atoms with Crippen molar-refractivity contribution in [3.05, 3.63) is 26.6 Å². The molecule has 0 unspecified atom stereocenters. The zero-order valence-electron chi connectivity index (χ0n) is 8.36. The minimum Gasteiger partial charge on any atom is -0.256 e. The maximum atomic E-state index is 4.60. The highest BCUT2D eigenvalue weighted by Gasteiger charge is 2.35. The van der Waals surface area contributed by atoms with Gasteiger partial charge in [-0.1, -0.05) is 29.8 Å². The molecule has 0 bridgehead atoms. The molecule has 3 heteroatoms. The molecule has 0 saturated heterocycles.